The van der Waals surface area contributed by atoms with Gasteiger partial charge in [0.15, 0.2) is 0 Å². The van der Waals surface area contributed by atoms with Crippen LogP contribution < -0.4 is 4.74 Å². The quantitative estimate of drug-likeness (QED) is 0.0617. The zero-order chi connectivity index (χ0) is 41.1. The fraction of sp³-hybridized carbons (Fsp3) is 0.660. The Hall–Kier alpha value is -3.88. The van der Waals surface area contributed by atoms with Gasteiger partial charge in [-0.3, -0.25) is 19.2 Å². The van der Waals surface area contributed by atoms with Crippen LogP contribution in [0.2, 0.25) is 0 Å². The molecule has 9 nitrogen and oxygen atoms in total. The number of hydrogen-bond donors (Lipinski definition) is 4. The molecule has 0 aliphatic heterocycles. The van der Waals surface area contributed by atoms with Crippen molar-refractivity contribution in [3.8, 4) is 5.75 Å². The first-order valence-electron chi connectivity index (χ1n) is 21.2. The Morgan fingerprint density at radius 2 is 1.12 bits per heavy atom. The summed E-state index contributed by atoms with van der Waals surface area (Å²) in [7, 11) is 0. The van der Waals surface area contributed by atoms with Crippen molar-refractivity contribution < 1.29 is 44.3 Å². The molecule has 2 aromatic rings. The van der Waals surface area contributed by atoms with E-state index in [0.29, 0.717) is 25.7 Å². The van der Waals surface area contributed by atoms with Crippen LogP contribution in [0.15, 0.2) is 36.4 Å². The van der Waals surface area contributed by atoms with Crippen molar-refractivity contribution in [2.24, 2.45) is 21.7 Å². The normalized spacial score (nSPS) is 18.7. The summed E-state index contributed by atoms with van der Waals surface area (Å²) < 4.78 is 6.58. The van der Waals surface area contributed by atoms with Crippen molar-refractivity contribution in [1.29, 1.82) is 0 Å². The Labute approximate surface area is 334 Å². The largest absolute Gasteiger partial charge is 0.489 e. The summed E-state index contributed by atoms with van der Waals surface area (Å²) in [5.74, 6) is -2.31. The molecule has 0 bridgehead atoms. The molecular weight excluding hydrogens is 709 g/mol. The molecule has 4 rings (SSSR count). The van der Waals surface area contributed by atoms with Crippen molar-refractivity contribution in [3.05, 3.63) is 64.2 Å². The summed E-state index contributed by atoms with van der Waals surface area (Å²) >= 11 is 0. The van der Waals surface area contributed by atoms with Crippen LogP contribution in [0.5, 0.6) is 5.75 Å². The molecule has 0 saturated heterocycles. The van der Waals surface area contributed by atoms with Gasteiger partial charge >= 0.3 is 23.9 Å². The van der Waals surface area contributed by atoms with Gasteiger partial charge in [0.05, 0.1) is 16.2 Å². The monoisotopic (exact) mass is 776 g/mol. The fourth-order valence-electron chi connectivity index (χ4n) is 8.33. The van der Waals surface area contributed by atoms with E-state index < -0.39 is 51.6 Å². The summed E-state index contributed by atoms with van der Waals surface area (Å²) in [5, 5.41) is 39.0. The van der Waals surface area contributed by atoms with Crippen LogP contribution in [0, 0.1) is 28.6 Å². The van der Waals surface area contributed by atoms with Gasteiger partial charge in [0.1, 0.15) is 17.3 Å². The van der Waals surface area contributed by atoms with Gasteiger partial charge in [0.25, 0.3) is 0 Å². The number of aryl methyl sites for hydroxylation is 3. The van der Waals surface area contributed by atoms with Crippen LogP contribution in [-0.2, 0) is 44.9 Å². The number of carbonyl (C=O) groups is 4. The lowest BCUT2D eigenvalue weighted by Gasteiger charge is -2.20. The predicted octanol–water partition coefficient (Wildman–Crippen LogP) is 10.6. The number of aliphatic carboxylic acids is 4. The maximum absolute atomic E-state index is 12.7. The van der Waals surface area contributed by atoms with Crippen LogP contribution >= 0.6 is 0 Å². The molecule has 9 heteroatoms. The van der Waals surface area contributed by atoms with E-state index in [4.69, 9.17) is 4.74 Å². The highest BCUT2D eigenvalue weighted by Gasteiger charge is 2.62. The predicted molar refractivity (Wildman–Crippen MR) is 218 cm³/mol. The molecule has 0 heterocycles. The van der Waals surface area contributed by atoms with Gasteiger partial charge in [0, 0.05) is 6.42 Å². The smallest absolute Gasteiger partial charge is 0.313 e. The van der Waals surface area contributed by atoms with E-state index >= 15 is 0 Å². The molecule has 310 valence electrons. The summed E-state index contributed by atoms with van der Waals surface area (Å²) in [6, 6.07) is 12.5. The second-order valence-electron chi connectivity index (χ2n) is 18.4. The minimum absolute atomic E-state index is 0.403. The maximum atomic E-state index is 12.7. The van der Waals surface area contributed by atoms with Crippen LogP contribution in [0.3, 0.4) is 0 Å². The van der Waals surface area contributed by atoms with E-state index in [1.165, 1.54) is 22.3 Å². The molecule has 2 aromatic carbocycles. The Balaban J connectivity index is 1.32. The lowest BCUT2D eigenvalue weighted by molar-refractivity contribution is -0.148. The molecule has 4 N–H and O–H groups in total. The van der Waals surface area contributed by atoms with Crippen molar-refractivity contribution >= 4 is 23.9 Å². The van der Waals surface area contributed by atoms with Crippen molar-refractivity contribution in [1.82, 2.24) is 0 Å². The van der Waals surface area contributed by atoms with Crippen molar-refractivity contribution in [2.45, 2.75) is 176 Å². The number of ether oxygens (including phenoxy) is 1. The summed E-state index contributed by atoms with van der Waals surface area (Å²) in [6.07, 6.45) is 16.3. The average molecular weight is 777 g/mol. The molecule has 2 aliphatic carbocycles. The second kappa shape index (κ2) is 19.5. The Morgan fingerprint density at radius 3 is 1.64 bits per heavy atom. The van der Waals surface area contributed by atoms with E-state index in [0.717, 1.165) is 120 Å². The van der Waals surface area contributed by atoms with Crippen LogP contribution in [-0.4, -0.2) is 50.4 Å². The average Bonchev–Trinajstić information content (AvgIpc) is 4.06. The van der Waals surface area contributed by atoms with Crippen LogP contribution in [0.1, 0.15) is 165 Å². The van der Waals surface area contributed by atoms with E-state index in [-0.39, 0.29) is 0 Å². The highest BCUT2D eigenvalue weighted by molar-refractivity contribution is 5.79. The standard InChI is InChI=1S/C47H68O9/c1-33-18-16-21-34(36(33)23-10-14-26-44(2,3)40(48)49)19-9-7-13-29-47(43(54)55)32-39(47)56-38-25-17-22-35(20-8-6-12-28-46(30-31-46)42(52)53)37(38)24-11-15-27-45(4,5)41(50)51/h16-18,21-22,25,39H,6-15,19-20,23-24,26-32H2,1-5H3,(H,48,49)(H,50,51)(H,52,53)(H,54,55). The zero-order valence-corrected chi connectivity index (χ0v) is 34.7. The fourth-order valence-corrected chi connectivity index (χ4v) is 8.33. The summed E-state index contributed by atoms with van der Waals surface area (Å²) in [5.41, 5.74) is 3.27. The third-order valence-electron chi connectivity index (χ3n) is 13.0. The minimum atomic E-state index is -0.903. The third kappa shape index (κ3) is 12.1. The highest BCUT2D eigenvalue weighted by Crippen LogP contribution is 2.53. The second-order valence-corrected chi connectivity index (χ2v) is 18.4. The lowest BCUT2D eigenvalue weighted by atomic mass is 9.86. The molecule has 2 unspecified atom stereocenters. The van der Waals surface area contributed by atoms with Crippen molar-refractivity contribution in [2.75, 3.05) is 0 Å². The summed E-state index contributed by atoms with van der Waals surface area (Å²) in [4.78, 5) is 47.5. The number of carboxylic acid groups (broad SMARTS) is 4. The van der Waals surface area contributed by atoms with Crippen molar-refractivity contribution in [3.63, 3.8) is 0 Å². The number of rotatable bonds is 28. The SMILES string of the molecule is Cc1cccc(CCCCCC2(C(=O)O)CC2Oc2cccc(CCCCCC3(C(=O)O)CC3)c2CCCCC(C)(C)C(=O)O)c1CCCCC(C)(C)C(=O)O. The van der Waals surface area contributed by atoms with Crippen LogP contribution in [0.4, 0.5) is 0 Å². The molecular formula is C47H68O9. The van der Waals surface area contributed by atoms with Gasteiger partial charge in [-0.2, -0.15) is 0 Å². The minimum Gasteiger partial charge on any atom is -0.489 e. The molecule has 0 amide bonds. The molecule has 2 aliphatic rings. The third-order valence-corrected chi connectivity index (χ3v) is 13.0. The lowest BCUT2D eigenvalue weighted by Crippen LogP contribution is -2.23. The molecule has 2 fully saturated rings. The van der Waals surface area contributed by atoms with Gasteiger partial charge in [-0.15, -0.1) is 0 Å². The zero-order valence-electron chi connectivity index (χ0n) is 34.7. The van der Waals surface area contributed by atoms with E-state index in [9.17, 15) is 39.6 Å². The van der Waals surface area contributed by atoms with Gasteiger partial charge < -0.3 is 25.2 Å². The van der Waals surface area contributed by atoms with E-state index in [1.807, 2.05) is 12.1 Å². The van der Waals surface area contributed by atoms with Crippen LogP contribution in [0.25, 0.3) is 0 Å². The number of carboxylic acids is 4. The number of unbranched alkanes of at least 4 members (excludes halogenated alkanes) is 6. The van der Waals surface area contributed by atoms with E-state index in [2.05, 4.69) is 31.2 Å². The number of benzene rings is 2. The molecule has 0 radical (unpaired) electrons. The summed E-state index contributed by atoms with van der Waals surface area (Å²) in [6.45, 7) is 9.21. The van der Waals surface area contributed by atoms with Gasteiger partial charge in [0.2, 0.25) is 0 Å². The Morgan fingerprint density at radius 1 is 0.625 bits per heavy atom. The Kier molecular flexibility index (Phi) is 15.6. The number of hydrogen-bond acceptors (Lipinski definition) is 5. The Bertz CT molecular complexity index is 1670. The maximum Gasteiger partial charge on any atom is 0.313 e. The van der Waals surface area contributed by atoms with Gasteiger partial charge in [-0.05, 0) is 158 Å². The van der Waals surface area contributed by atoms with Gasteiger partial charge in [-0.1, -0.05) is 68.9 Å². The molecule has 0 aromatic heterocycles. The van der Waals surface area contributed by atoms with Gasteiger partial charge in [-0.25, -0.2) is 0 Å². The molecule has 0 spiro atoms. The highest BCUT2D eigenvalue weighted by atomic mass is 16.5. The first-order chi connectivity index (χ1) is 26.4. The first kappa shape index (κ1) is 44.8. The van der Waals surface area contributed by atoms with E-state index in [1.54, 1.807) is 27.7 Å². The molecule has 56 heavy (non-hydrogen) atoms. The first-order valence-corrected chi connectivity index (χ1v) is 21.2. The molecule has 2 saturated carbocycles. The molecule has 2 atom stereocenters. The topological polar surface area (TPSA) is 158 Å².